The second-order valence-electron chi connectivity index (χ2n) is 6.46. The van der Waals surface area contributed by atoms with Crippen molar-refractivity contribution in [1.82, 2.24) is 15.1 Å². The van der Waals surface area contributed by atoms with Gasteiger partial charge in [-0.1, -0.05) is 31.5 Å². The van der Waals surface area contributed by atoms with Crippen molar-refractivity contribution in [2.24, 2.45) is 5.92 Å². The second kappa shape index (κ2) is 7.96. The van der Waals surface area contributed by atoms with Crippen LogP contribution >= 0.6 is 0 Å². The minimum Gasteiger partial charge on any atom is -0.338 e. The fourth-order valence-electron chi connectivity index (χ4n) is 3.25. The van der Waals surface area contributed by atoms with Crippen molar-refractivity contribution in [2.45, 2.75) is 32.6 Å². The number of nitrogens with one attached hydrogen (secondary N) is 2. The third-order valence-corrected chi connectivity index (χ3v) is 4.57. The van der Waals surface area contributed by atoms with Crippen molar-refractivity contribution >= 4 is 17.5 Å². The number of piperidine rings is 1. The summed E-state index contributed by atoms with van der Waals surface area (Å²) in [5, 5.41) is 9.87. The molecule has 0 bridgehead atoms. The predicted molar refractivity (Wildman–Crippen MR) is 96.3 cm³/mol. The molecule has 2 amide bonds. The molecule has 1 aliphatic rings. The average Bonchev–Trinajstić information content (AvgIpc) is 3.10. The molecule has 1 aliphatic heterocycles. The molecule has 1 aromatic heterocycles. The molecule has 0 unspecified atom stereocenters. The fourth-order valence-corrected chi connectivity index (χ4v) is 3.25. The van der Waals surface area contributed by atoms with Crippen molar-refractivity contribution in [3.63, 3.8) is 0 Å². The summed E-state index contributed by atoms with van der Waals surface area (Å²) in [4.78, 5) is 27.1. The molecule has 0 spiro atoms. The van der Waals surface area contributed by atoms with E-state index in [1.54, 1.807) is 11.1 Å². The Labute approximate surface area is 147 Å². The molecule has 6 nitrogen and oxygen atoms in total. The van der Waals surface area contributed by atoms with Gasteiger partial charge in [-0.2, -0.15) is 5.10 Å². The van der Waals surface area contributed by atoms with Gasteiger partial charge in [0.2, 0.25) is 5.91 Å². The number of hydrogen-bond acceptors (Lipinski definition) is 3. The molecule has 1 atom stereocenters. The first-order valence-corrected chi connectivity index (χ1v) is 8.86. The number of para-hydroxylation sites is 1. The quantitative estimate of drug-likeness (QED) is 0.878. The summed E-state index contributed by atoms with van der Waals surface area (Å²) in [7, 11) is 0. The van der Waals surface area contributed by atoms with E-state index >= 15 is 0 Å². The number of anilines is 1. The zero-order valence-electron chi connectivity index (χ0n) is 14.5. The van der Waals surface area contributed by atoms with Crippen LogP contribution in [0.3, 0.4) is 0 Å². The van der Waals surface area contributed by atoms with E-state index in [9.17, 15) is 9.59 Å². The molecule has 2 aromatic rings. The number of aryl methyl sites for hydroxylation is 1. The van der Waals surface area contributed by atoms with Crippen LogP contribution in [0.25, 0.3) is 0 Å². The zero-order valence-corrected chi connectivity index (χ0v) is 14.5. The summed E-state index contributed by atoms with van der Waals surface area (Å²) in [6, 6.07) is 9.43. The molecule has 132 valence electrons. The summed E-state index contributed by atoms with van der Waals surface area (Å²) >= 11 is 0. The smallest absolute Gasteiger partial charge is 0.257 e. The van der Waals surface area contributed by atoms with E-state index in [0.29, 0.717) is 18.7 Å². The predicted octanol–water partition coefficient (Wildman–Crippen LogP) is 2.85. The molecule has 1 saturated heterocycles. The number of rotatable bonds is 5. The van der Waals surface area contributed by atoms with Gasteiger partial charge in [0.15, 0.2) is 0 Å². The Kier molecular flexibility index (Phi) is 5.48. The molecular weight excluding hydrogens is 316 g/mol. The Bertz CT molecular complexity index is 726. The summed E-state index contributed by atoms with van der Waals surface area (Å²) in [6.07, 6.45) is 4.98. The molecule has 0 radical (unpaired) electrons. The Morgan fingerprint density at radius 3 is 2.88 bits per heavy atom. The molecule has 1 aromatic carbocycles. The average molecular weight is 340 g/mol. The van der Waals surface area contributed by atoms with Crippen LogP contribution in [0.1, 0.15) is 42.2 Å². The minimum absolute atomic E-state index is 0.0234. The number of benzene rings is 1. The van der Waals surface area contributed by atoms with Crippen molar-refractivity contribution in [3.05, 3.63) is 47.8 Å². The Morgan fingerprint density at radius 2 is 2.12 bits per heavy atom. The normalized spacial score (nSPS) is 17.3. The van der Waals surface area contributed by atoms with Crippen LogP contribution in [0, 0.1) is 5.92 Å². The Balaban J connectivity index is 1.65. The third kappa shape index (κ3) is 4.07. The van der Waals surface area contributed by atoms with Crippen molar-refractivity contribution in [3.8, 4) is 0 Å². The monoisotopic (exact) mass is 340 g/mol. The van der Waals surface area contributed by atoms with Gasteiger partial charge in [0.1, 0.15) is 0 Å². The van der Waals surface area contributed by atoms with Crippen LogP contribution in [-0.2, 0) is 11.2 Å². The molecular formula is C19H24N4O2. The van der Waals surface area contributed by atoms with Crippen LogP contribution in [0.2, 0.25) is 0 Å². The number of aromatic nitrogens is 2. The van der Waals surface area contributed by atoms with Crippen LogP contribution in [0.15, 0.2) is 36.5 Å². The first-order chi connectivity index (χ1) is 12.2. The van der Waals surface area contributed by atoms with E-state index in [-0.39, 0.29) is 17.7 Å². The van der Waals surface area contributed by atoms with Gasteiger partial charge in [0.05, 0.1) is 17.7 Å². The maximum absolute atomic E-state index is 12.8. The van der Waals surface area contributed by atoms with Gasteiger partial charge in [-0.15, -0.1) is 0 Å². The van der Waals surface area contributed by atoms with Crippen LogP contribution in [0.4, 0.5) is 5.69 Å². The molecule has 0 saturated carbocycles. The van der Waals surface area contributed by atoms with E-state index in [1.165, 1.54) is 0 Å². The van der Waals surface area contributed by atoms with Crippen LogP contribution < -0.4 is 5.32 Å². The number of nitrogens with zero attached hydrogens (tertiary/aromatic N) is 2. The lowest BCUT2D eigenvalue weighted by Gasteiger charge is -2.32. The maximum Gasteiger partial charge on any atom is 0.257 e. The second-order valence-corrected chi connectivity index (χ2v) is 6.46. The highest BCUT2D eigenvalue weighted by atomic mass is 16.2. The van der Waals surface area contributed by atoms with E-state index in [2.05, 4.69) is 22.4 Å². The number of H-pyrrole nitrogens is 1. The summed E-state index contributed by atoms with van der Waals surface area (Å²) in [5.74, 6) is -0.237. The number of aromatic amines is 1. The molecule has 6 heteroatoms. The molecule has 25 heavy (non-hydrogen) atoms. The molecule has 3 rings (SSSR count). The summed E-state index contributed by atoms with van der Waals surface area (Å²) in [5.41, 5.74) is 2.30. The summed E-state index contributed by atoms with van der Waals surface area (Å²) < 4.78 is 0. The van der Waals surface area contributed by atoms with Crippen molar-refractivity contribution < 1.29 is 9.59 Å². The molecule has 2 N–H and O–H groups in total. The number of carbonyl (C=O) groups is 2. The van der Waals surface area contributed by atoms with Crippen LogP contribution in [0.5, 0.6) is 0 Å². The van der Waals surface area contributed by atoms with Gasteiger partial charge in [-0.05, 0) is 31.4 Å². The highest BCUT2D eigenvalue weighted by Gasteiger charge is 2.30. The summed E-state index contributed by atoms with van der Waals surface area (Å²) in [6.45, 7) is 3.21. The van der Waals surface area contributed by atoms with E-state index < -0.39 is 0 Å². The number of hydrogen-bond donors (Lipinski definition) is 2. The highest BCUT2D eigenvalue weighted by molar-refractivity contribution is 5.96. The first-order valence-electron chi connectivity index (χ1n) is 8.86. The van der Waals surface area contributed by atoms with Gasteiger partial charge in [0.25, 0.3) is 5.91 Å². The molecule has 0 aliphatic carbocycles. The number of likely N-dealkylation sites (tertiary alicyclic amines) is 1. The third-order valence-electron chi connectivity index (χ3n) is 4.57. The standard InChI is InChI=1S/C19H24N4O2/c1-2-7-17-16(12-20-22-17)19(25)23-11-6-8-14(13-23)18(24)21-15-9-4-3-5-10-15/h3-5,9-10,12,14H,2,6-8,11,13H2,1H3,(H,20,22)(H,21,24)/t14-/m1/s1. The number of carbonyl (C=O) groups excluding carboxylic acids is 2. The van der Waals surface area contributed by atoms with Crippen molar-refractivity contribution in [2.75, 3.05) is 18.4 Å². The Morgan fingerprint density at radius 1 is 1.32 bits per heavy atom. The minimum atomic E-state index is -0.181. The molecule has 1 fully saturated rings. The zero-order chi connectivity index (χ0) is 17.6. The van der Waals surface area contributed by atoms with Gasteiger partial charge >= 0.3 is 0 Å². The largest absolute Gasteiger partial charge is 0.338 e. The van der Waals surface area contributed by atoms with Gasteiger partial charge < -0.3 is 10.2 Å². The van der Waals surface area contributed by atoms with E-state index in [4.69, 9.17) is 0 Å². The van der Waals surface area contributed by atoms with Crippen LogP contribution in [-0.4, -0.2) is 40.0 Å². The van der Waals surface area contributed by atoms with Crippen molar-refractivity contribution in [1.29, 1.82) is 0 Å². The van der Waals surface area contributed by atoms with Gasteiger partial charge in [-0.25, -0.2) is 0 Å². The maximum atomic E-state index is 12.8. The lowest BCUT2D eigenvalue weighted by atomic mass is 9.96. The molecule has 2 heterocycles. The lowest BCUT2D eigenvalue weighted by molar-refractivity contribution is -0.121. The van der Waals surface area contributed by atoms with E-state index in [1.807, 2.05) is 30.3 Å². The SMILES string of the molecule is CCCc1[nH]ncc1C(=O)N1CCC[C@@H](C(=O)Nc2ccccc2)C1. The fraction of sp³-hybridized carbons (Fsp3) is 0.421. The van der Waals surface area contributed by atoms with E-state index in [0.717, 1.165) is 37.1 Å². The Hall–Kier alpha value is -2.63. The van der Waals surface area contributed by atoms with Gasteiger partial charge in [-0.3, -0.25) is 14.7 Å². The topological polar surface area (TPSA) is 78.1 Å². The highest BCUT2D eigenvalue weighted by Crippen LogP contribution is 2.21. The number of amides is 2. The lowest BCUT2D eigenvalue weighted by Crippen LogP contribution is -2.43. The first kappa shape index (κ1) is 17.2. The van der Waals surface area contributed by atoms with Gasteiger partial charge in [0, 0.05) is 24.5 Å².